The molecule has 136 valence electrons. The zero-order chi connectivity index (χ0) is 19.5. The summed E-state index contributed by atoms with van der Waals surface area (Å²) in [5.74, 6) is 0. The zero-order valence-corrected chi connectivity index (χ0v) is 14.7. The summed E-state index contributed by atoms with van der Waals surface area (Å²) in [5, 5.41) is 25.2. The largest absolute Gasteiger partial charge is 0.288 e. The van der Waals surface area contributed by atoms with E-state index in [1.165, 1.54) is 31.2 Å². The number of hydrogen-bond donors (Lipinski definition) is 1. The second kappa shape index (κ2) is 7.45. The van der Waals surface area contributed by atoms with Crippen LogP contribution in [-0.4, -0.2) is 24.5 Å². The van der Waals surface area contributed by atoms with Crippen molar-refractivity contribution in [1.82, 2.24) is 4.83 Å². The molecule has 0 aliphatic carbocycles. The molecule has 0 aliphatic rings. The SMILES string of the molecule is Cc1ccc(S(=O)(=O)N/N=C/c2ccc(Cl)c([N+](=O)[O-])c2)cc1[N+](=O)[O-]. The summed E-state index contributed by atoms with van der Waals surface area (Å²) in [7, 11) is -4.15. The molecule has 0 spiro atoms. The van der Waals surface area contributed by atoms with Crippen LogP contribution in [0.2, 0.25) is 5.02 Å². The Labute approximate surface area is 152 Å². The molecule has 0 bridgehead atoms. The molecule has 2 aromatic rings. The van der Waals surface area contributed by atoms with Crippen molar-refractivity contribution in [2.75, 3.05) is 0 Å². The van der Waals surface area contributed by atoms with Crippen LogP contribution in [0.15, 0.2) is 46.4 Å². The van der Waals surface area contributed by atoms with Gasteiger partial charge in [-0.25, -0.2) is 4.83 Å². The van der Waals surface area contributed by atoms with Crippen LogP contribution < -0.4 is 4.83 Å². The van der Waals surface area contributed by atoms with Crippen molar-refractivity contribution in [2.24, 2.45) is 5.10 Å². The number of nitrogens with one attached hydrogen (secondary N) is 1. The summed E-state index contributed by atoms with van der Waals surface area (Å²) in [5.41, 5.74) is -0.151. The van der Waals surface area contributed by atoms with E-state index in [1.807, 2.05) is 4.83 Å². The minimum absolute atomic E-state index is 0.0697. The molecular weight excluding hydrogens is 388 g/mol. The highest BCUT2D eigenvalue weighted by Crippen LogP contribution is 2.24. The molecule has 0 atom stereocenters. The molecule has 2 rings (SSSR count). The summed E-state index contributed by atoms with van der Waals surface area (Å²) in [6.45, 7) is 1.48. The molecule has 0 radical (unpaired) electrons. The van der Waals surface area contributed by atoms with E-state index in [0.29, 0.717) is 5.56 Å². The van der Waals surface area contributed by atoms with Gasteiger partial charge < -0.3 is 0 Å². The van der Waals surface area contributed by atoms with Gasteiger partial charge in [-0.3, -0.25) is 20.2 Å². The Morgan fingerprint density at radius 1 is 1.08 bits per heavy atom. The smallest absolute Gasteiger partial charge is 0.258 e. The molecular formula is C14H11ClN4O6S. The number of aryl methyl sites for hydroxylation is 1. The number of sulfonamides is 1. The maximum Gasteiger partial charge on any atom is 0.288 e. The van der Waals surface area contributed by atoms with Crippen molar-refractivity contribution in [2.45, 2.75) is 11.8 Å². The predicted octanol–water partition coefficient (Wildman–Crippen LogP) is 2.78. The van der Waals surface area contributed by atoms with Crippen molar-refractivity contribution >= 4 is 39.2 Å². The fourth-order valence-electron chi connectivity index (χ4n) is 1.93. The summed E-state index contributed by atoms with van der Waals surface area (Å²) in [6.07, 6.45) is 1.05. The highest BCUT2D eigenvalue weighted by Gasteiger charge is 2.19. The third-order valence-corrected chi connectivity index (χ3v) is 4.78. The monoisotopic (exact) mass is 398 g/mol. The quantitative estimate of drug-likeness (QED) is 0.449. The van der Waals surface area contributed by atoms with Crippen LogP contribution in [0, 0.1) is 27.2 Å². The fourth-order valence-corrected chi connectivity index (χ4v) is 2.92. The normalized spacial score (nSPS) is 11.5. The van der Waals surface area contributed by atoms with Gasteiger partial charge in [0.2, 0.25) is 0 Å². The topological polar surface area (TPSA) is 145 Å². The van der Waals surface area contributed by atoms with Gasteiger partial charge in [-0.05, 0) is 19.1 Å². The molecule has 26 heavy (non-hydrogen) atoms. The number of hydrazone groups is 1. The molecule has 0 amide bonds. The Bertz CT molecular complexity index is 1020. The van der Waals surface area contributed by atoms with E-state index in [-0.39, 0.29) is 26.9 Å². The lowest BCUT2D eigenvalue weighted by molar-refractivity contribution is -0.385. The second-order valence-electron chi connectivity index (χ2n) is 5.03. The second-order valence-corrected chi connectivity index (χ2v) is 7.09. The lowest BCUT2D eigenvalue weighted by atomic mass is 10.2. The maximum absolute atomic E-state index is 12.2. The van der Waals surface area contributed by atoms with Crippen LogP contribution in [0.1, 0.15) is 11.1 Å². The summed E-state index contributed by atoms with van der Waals surface area (Å²) in [6, 6.07) is 7.23. The third-order valence-electron chi connectivity index (χ3n) is 3.24. The van der Waals surface area contributed by atoms with Crippen molar-refractivity contribution < 1.29 is 18.3 Å². The van der Waals surface area contributed by atoms with Gasteiger partial charge >= 0.3 is 0 Å². The highest BCUT2D eigenvalue weighted by atomic mass is 35.5. The minimum Gasteiger partial charge on any atom is -0.258 e. The Balaban J connectivity index is 2.24. The van der Waals surface area contributed by atoms with Crippen LogP contribution >= 0.6 is 11.6 Å². The first-order valence-electron chi connectivity index (χ1n) is 6.85. The Morgan fingerprint density at radius 2 is 1.73 bits per heavy atom. The average Bonchev–Trinajstić information content (AvgIpc) is 2.56. The van der Waals surface area contributed by atoms with E-state index in [2.05, 4.69) is 5.10 Å². The van der Waals surface area contributed by atoms with Crippen molar-refractivity contribution in [3.63, 3.8) is 0 Å². The molecule has 0 fully saturated rings. The molecule has 12 heteroatoms. The van der Waals surface area contributed by atoms with E-state index in [1.54, 1.807) is 0 Å². The minimum atomic E-state index is -4.15. The number of hydrogen-bond acceptors (Lipinski definition) is 7. The first-order chi connectivity index (χ1) is 12.1. The number of benzene rings is 2. The van der Waals surface area contributed by atoms with Crippen molar-refractivity contribution in [3.05, 3.63) is 72.8 Å². The van der Waals surface area contributed by atoms with Gasteiger partial charge in [0.15, 0.2) is 0 Å². The average molecular weight is 399 g/mol. The lowest BCUT2D eigenvalue weighted by Crippen LogP contribution is -2.18. The molecule has 0 aliphatic heterocycles. The van der Waals surface area contributed by atoms with Crippen LogP contribution in [0.4, 0.5) is 11.4 Å². The summed E-state index contributed by atoms with van der Waals surface area (Å²) >= 11 is 5.68. The molecule has 2 aromatic carbocycles. The number of nitro groups is 2. The third kappa shape index (κ3) is 4.32. The first-order valence-corrected chi connectivity index (χ1v) is 8.72. The standard InChI is InChI=1S/C14H11ClN4O6S/c1-9-2-4-11(7-13(9)18(20)21)26(24,25)17-16-8-10-3-5-12(15)14(6-10)19(22)23/h2-8,17H,1H3/b16-8+. The van der Waals surface area contributed by atoms with Crippen molar-refractivity contribution in [1.29, 1.82) is 0 Å². The number of halogens is 1. The molecule has 0 unspecified atom stereocenters. The van der Waals surface area contributed by atoms with E-state index in [4.69, 9.17) is 11.6 Å². The Hall–Kier alpha value is -3.05. The van der Waals surface area contributed by atoms with Gasteiger partial charge in [0.25, 0.3) is 21.4 Å². The van der Waals surface area contributed by atoms with Gasteiger partial charge in [0, 0.05) is 23.3 Å². The van der Waals surface area contributed by atoms with Gasteiger partial charge in [-0.15, -0.1) is 0 Å². The summed E-state index contributed by atoms with van der Waals surface area (Å²) < 4.78 is 24.3. The number of nitro benzene ring substituents is 2. The van der Waals surface area contributed by atoms with E-state index in [0.717, 1.165) is 18.3 Å². The Morgan fingerprint density at radius 3 is 2.35 bits per heavy atom. The van der Waals surface area contributed by atoms with Crippen LogP contribution in [-0.2, 0) is 10.0 Å². The highest BCUT2D eigenvalue weighted by molar-refractivity contribution is 7.89. The van der Waals surface area contributed by atoms with Crippen LogP contribution in [0.25, 0.3) is 0 Å². The predicted molar refractivity (Wildman–Crippen MR) is 93.9 cm³/mol. The van der Waals surface area contributed by atoms with Crippen molar-refractivity contribution in [3.8, 4) is 0 Å². The van der Waals surface area contributed by atoms with Gasteiger partial charge in [0.1, 0.15) is 5.02 Å². The lowest BCUT2D eigenvalue weighted by Gasteiger charge is -2.04. The van der Waals surface area contributed by atoms with Crippen LogP contribution in [0.5, 0.6) is 0 Å². The fraction of sp³-hybridized carbons (Fsp3) is 0.0714. The van der Waals surface area contributed by atoms with E-state index in [9.17, 15) is 28.6 Å². The van der Waals surface area contributed by atoms with E-state index >= 15 is 0 Å². The van der Waals surface area contributed by atoms with Crippen LogP contribution in [0.3, 0.4) is 0 Å². The number of nitrogens with zero attached hydrogens (tertiary/aromatic N) is 3. The Kier molecular flexibility index (Phi) is 5.53. The van der Waals surface area contributed by atoms with Gasteiger partial charge in [-0.1, -0.05) is 23.7 Å². The molecule has 0 aromatic heterocycles. The molecule has 0 saturated carbocycles. The molecule has 10 nitrogen and oxygen atoms in total. The zero-order valence-electron chi connectivity index (χ0n) is 13.1. The van der Waals surface area contributed by atoms with Gasteiger partial charge in [-0.2, -0.15) is 13.5 Å². The first kappa shape index (κ1) is 19.3. The molecule has 0 saturated heterocycles. The van der Waals surface area contributed by atoms with Gasteiger partial charge in [0.05, 0.1) is 21.0 Å². The molecule has 1 N–H and O–H groups in total. The van der Waals surface area contributed by atoms with E-state index < -0.39 is 19.9 Å². The molecule has 0 heterocycles. The summed E-state index contributed by atoms with van der Waals surface area (Å²) in [4.78, 5) is 21.9. The number of rotatable bonds is 6. The maximum atomic E-state index is 12.2.